The average molecular weight is 572 g/mol. The summed E-state index contributed by atoms with van der Waals surface area (Å²) < 4.78 is 19.3. The molecule has 184 valence electrons. The fraction of sp³-hybridized carbons (Fsp3) is 0.120. The zero-order chi connectivity index (χ0) is 25.8. The summed E-state index contributed by atoms with van der Waals surface area (Å²) in [4.78, 5) is 51.6. The van der Waals surface area contributed by atoms with Crippen LogP contribution in [0.4, 0.5) is 21.5 Å². The number of esters is 1. The number of nitrogens with one attached hydrogen (secondary N) is 1. The maximum Gasteiger partial charge on any atom is 0.338 e. The van der Waals surface area contributed by atoms with Crippen molar-refractivity contribution in [1.82, 2.24) is 0 Å². The van der Waals surface area contributed by atoms with Crippen molar-refractivity contribution in [3.05, 3.63) is 82.6 Å². The van der Waals surface area contributed by atoms with Crippen molar-refractivity contribution in [3.8, 4) is 0 Å². The molecule has 0 radical (unpaired) electrons. The van der Waals surface area contributed by atoms with Gasteiger partial charge in [0.25, 0.3) is 5.91 Å². The molecule has 11 heteroatoms. The molecule has 4 rings (SSSR count). The number of nitrogens with two attached hydrogens (primary N) is 1. The molecule has 1 atom stereocenters. The number of hydrogen-bond acceptors (Lipinski definition) is 7. The number of hydrogen-bond donors (Lipinski definition) is 2. The first-order chi connectivity index (χ1) is 17.2. The third kappa shape index (κ3) is 5.92. The Balaban J connectivity index is 1.34. The Labute approximate surface area is 218 Å². The molecule has 1 unspecified atom stereocenters. The maximum atomic E-state index is 13.8. The largest absolute Gasteiger partial charge is 0.452 e. The van der Waals surface area contributed by atoms with Gasteiger partial charge in [0, 0.05) is 21.5 Å². The van der Waals surface area contributed by atoms with Gasteiger partial charge in [-0.3, -0.25) is 14.4 Å². The molecule has 3 aromatic carbocycles. The minimum atomic E-state index is -0.790. The fourth-order valence-electron chi connectivity index (χ4n) is 3.46. The van der Waals surface area contributed by atoms with E-state index in [1.165, 1.54) is 48.2 Å². The molecule has 1 aliphatic heterocycles. The number of thioether (sulfide) groups is 1. The summed E-state index contributed by atoms with van der Waals surface area (Å²) in [5, 5.41) is 1.74. The Kier molecular flexibility index (Phi) is 7.70. The summed E-state index contributed by atoms with van der Waals surface area (Å²) >= 11 is 4.39. The Morgan fingerprint density at radius 1 is 1.11 bits per heavy atom. The average Bonchev–Trinajstić information content (AvgIpc) is 3.12. The molecule has 0 bridgehead atoms. The van der Waals surface area contributed by atoms with E-state index < -0.39 is 29.6 Å². The highest BCUT2D eigenvalue weighted by Crippen LogP contribution is 2.34. The number of rotatable bonds is 7. The smallest absolute Gasteiger partial charge is 0.338 e. The zero-order valence-electron chi connectivity index (χ0n) is 18.6. The second kappa shape index (κ2) is 10.9. The van der Waals surface area contributed by atoms with Crippen molar-refractivity contribution in [1.29, 1.82) is 0 Å². The van der Waals surface area contributed by atoms with Crippen LogP contribution in [0.5, 0.6) is 0 Å². The molecule has 1 aliphatic rings. The normalized spacial score (nSPS) is 15.2. The predicted octanol–water partition coefficient (Wildman–Crippen LogP) is 4.39. The van der Waals surface area contributed by atoms with Crippen LogP contribution < -0.4 is 16.0 Å². The molecule has 36 heavy (non-hydrogen) atoms. The quantitative estimate of drug-likeness (QED) is 0.245. The van der Waals surface area contributed by atoms with E-state index in [0.717, 1.165) is 9.80 Å². The molecule has 1 saturated heterocycles. The summed E-state index contributed by atoms with van der Waals surface area (Å²) in [7, 11) is 0. The predicted molar refractivity (Wildman–Crippen MR) is 137 cm³/mol. The van der Waals surface area contributed by atoms with Gasteiger partial charge >= 0.3 is 5.97 Å². The lowest BCUT2D eigenvalue weighted by atomic mass is 10.2. The highest BCUT2D eigenvalue weighted by molar-refractivity contribution is 9.10. The van der Waals surface area contributed by atoms with Crippen molar-refractivity contribution in [2.75, 3.05) is 22.6 Å². The molecule has 1 fully saturated rings. The molecule has 1 heterocycles. The summed E-state index contributed by atoms with van der Waals surface area (Å²) in [5.74, 6) is -2.85. The zero-order valence-corrected chi connectivity index (χ0v) is 21.0. The fourth-order valence-corrected chi connectivity index (χ4v) is 4.91. The second-order valence-corrected chi connectivity index (χ2v) is 9.94. The first-order valence-electron chi connectivity index (χ1n) is 10.6. The Morgan fingerprint density at radius 3 is 2.56 bits per heavy atom. The van der Waals surface area contributed by atoms with Gasteiger partial charge in [0.15, 0.2) is 6.61 Å². The van der Waals surface area contributed by atoms with Gasteiger partial charge in [0.05, 0.1) is 22.2 Å². The lowest BCUT2D eigenvalue weighted by Crippen LogP contribution is -2.31. The molecular weight excluding hydrogens is 553 g/mol. The van der Waals surface area contributed by atoms with E-state index in [1.54, 1.807) is 24.3 Å². The first-order valence-corrected chi connectivity index (χ1v) is 12.3. The van der Waals surface area contributed by atoms with E-state index in [-0.39, 0.29) is 29.5 Å². The molecule has 3 amide bonds. The highest BCUT2D eigenvalue weighted by atomic mass is 79.9. The van der Waals surface area contributed by atoms with Crippen molar-refractivity contribution < 1.29 is 28.3 Å². The number of halogens is 2. The standard InChI is InChI=1S/C25H19BrFN3O5S/c26-15-6-9-20(19(27)10-15)29-22(31)13-35-25(34)14-4-7-17(8-5-14)30-23(32)12-21(24(30)33)36-18-3-1-2-16(28)11-18/h1-11,21H,12-13,28H2,(H,29,31). The van der Waals surface area contributed by atoms with Crippen LogP contribution in [-0.2, 0) is 19.1 Å². The molecule has 0 spiro atoms. The van der Waals surface area contributed by atoms with E-state index in [4.69, 9.17) is 10.5 Å². The molecular formula is C25H19BrFN3O5S. The lowest BCUT2D eigenvalue weighted by Gasteiger charge is -2.15. The third-order valence-electron chi connectivity index (χ3n) is 5.14. The van der Waals surface area contributed by atoms with Crippen LogP contribution in [-0.4, -0.2) is 35.5 Å². The van der Waals surface area contributed by atoms with Gasteiger partial charge in [-0.05, 0) is 60.7 Å². The number of benzene rings is 3. The maximum absolute atomic E-state index is 13.8. The highest BCUT2D eigenvalue weighted by Gasteiger charge is 2.40. The number of carbonyl (C=O) groups excluding carboxylic acids is 4. The summed E-state index contributed by atoms with van der Waals surface area (Å²) in [6.07, 6.45) is 0.0379. The lowest BCUT2D eigenvalue weighted by molar-refractivity contribution is -0.121. The Morgan fingerprint density at radius 2 is 1.86 bits per heavy atom. The number of nitrogens with zero attached hydrogens (tertiary/aromatic N) is 1. The summed E-state index contributed by atoms with van der Waals surface area (Å²) in [6, 6.07) is 16.9. The second-order valence-electron chi connectivity index (χ2n) is 7.75. The van der Waals surface area contributed by atoms with E-state index >= 15 is 0 Å². The molecule has 3 N–H and O–H groups in total. The Bertz CT molecular complexity index is 1350. The minimum Gasteiger partial charge on any atom is -0.452 e. The van der Waals surface area contributed by atoms with Crippen LogP contribution in [0.3, 0.4) is 0 Å². The SMILES string of the molecule is Nc1cccc(SC2CC(=O)N(c3ccc(C(=O)OCC(=O)Nc4ccc(Br)cc4F)cc3)C2=O)c1. The van der Waals surface area contributed by atoms with Gasteiger partial charge in [0.2, 0.25) is 11.8 Å². The van der Waals surface area contributed by atoms with Gasteiger partial charge in [-0.2, -0.15) is 0 Å². The van der Waals surface area contributed by atoms with E-state index in [9.17, 15) is 23.6 Å². The monoisotopic (exact) mass is 571 g/mol. The van der Waals surface area contributed by atoms with E-state index in [2.05, 4.69) is 21.2 Å². The van der Waals surface area contributed by atoms with Gasteiger partial charge in [-0.15, -0.1) is 11.8 Å². The van der Waals surface area contributed by atoms with Crippen molar-refractivity contribution in [3.63, 3.8) is 0 Å². The molecule has 0 saturated carbocycles. The van der Waals surface area contributed by atoms with Crippen LogP contribution in [0.25, 0.3) is 0 Å². The number of anilines is 3. The van der Waals surface area contributed by atoms with Gasteiger partial charge in [0.1, 0.15) is 5.82 Å². The molecule has 0 aliphatic carbocycles. The van der Waals surface area contributed by atoms with Crippen LogP contribution in [0, 0.1) is 5.82 Å². The van der Waals surface area contributed by atoms with Crippen molar-refractivity contribution in [2.45, 2.75) is 16.6 Å². The van der Waals surface area contributed by atoms with Crippen LogP contribution >= 0.6 is 27.7 Å². The van der Waals surface area contributed by atoms with Crippen molar-refractivity contribution in [2.24, 2.45) is 0 Å². The van der Waals surface area contributed by atoms with Gasteiger partial charge in [-0.1, -0.05) is 22.0 Å². The number of nitrogen functional groups attached to an aromatic ring is 1. The number of amides is 3. The number of imide groups is 1. The topological polar surface area (TPSA) is 119 Å². The number of carbonyl (C=O) groups is 4. The van der Waals surface area contributed by atoms with Crippen LogP contribution in [0.1, 0.15) is 16.8 Å². The van der Waals surface area contributed by atoms with E-state index in [1.807, 2.05) is 6.07 Å². The van der Waals surface area contributed by atoms with Crippen LogP contribution in [0.2, 0.25) is 0 Å². The van der Waals surface area contributed by atoms with Crippen molar-refractivity contribution >= 4 is 68.4 Å². The molecule has 0 aromatic heterocycles. The Hall–Kier alpha value is -3.70. The van der Waals surface area contributed by atoms with Crippen LogP contribution in [0.15, 0.2) is 76.1 Å². The minimum absolute atomic E-state index is 0.0379. The molecule has 3 aromatic rings. The first kappa shape index (κ1) is 25.4. The summed E-state index contributed by atoms with van der Waals surface area (Å²) in [5.41, 5.74) is 6.74. The number of ether oxygens (including phenoxy) is 1. The van der Waals surface area contributed by atoms with E-state index in [0.29, 0.717) is 15.8 Å². The third-order valence-corrected chi connectivity index (χ3v) is 6.81. The van der Waals surface area contributed by atoms with Gasteiger partial charge in [-0.25, -0.2) is 14.1 Å². The van der Waals surface area contributed by atoms with Gasteiger partial charge < -0.3 is 15.8 Å². The molecule has 8 nitrogen and oxygen atoms in total. The summed E-state index contributed by atoms with van der Waals surface area (Å²) in [6.45, 7) is -0.623.